The number of nitrogens with one attached hydrogen (secondary N) is 2. The van der Waals surface area contributed by atoms with Crippen LogP contribution in [0, 0.1) is 0 Å². The van der Waals surface area contributed by atoms with Gasteiger partial charge in [-0.1, -0.05) is 26.0 Å². The van der Waals surface area contributed by atoms with Gasteiger partial charge in [-0.3, -0.25) is 9.59 Å². The van der Waals surface area contributed by atoms with Gasteiger partial charge in [-0.05, 0) is 41.8 Å². The molecule has 3 rings (SSSR count). The molecular weight excluding hydrogens is 320 g/mol. The zero-order valence-electron chi connectivity index (χ0n) is 14.2. The Hall–Kier alpha value is -3.02. The molecular formula is C19H20N2O4. The summed E-state index contributed by atoms with van der Waals surface area (Å²) in [5.74, 6) is 0.892. The molecule has 0 bridgehead atoms. The van der Waals surface area contributed by atoms with Crippen molar-refractivity contribution in [3.63, 3.8) is 0 Å². The Balaban J connectivity index is 1.55. The van der Waals surface area contributed by atoms with Gasteiger partial charge in [0, 0.05) is 11.3 Å². The van der Waals surface area contributed by atoms with Crippen LogP contribution >= 0.6 is 0 Å². The molecule has 0 saturated carbocycles. The lowest BCUT2D eigenvalue weighted by Gasteiger charge is -2.10. The fourth-order valence-electron chi connectivity index (χ4n) is 2.48. The second-order valence-electron chi connectivity index (χ2n) is 6.08. The molecule has 1 aliphatic heterocycles. The molecule has 2 aromatic carbocycles. The molecule has 1 aliphatic rings. The van der Waals surface area contributed by atoms with Crippen LogP contribution in [0.4, 0.5) is 5.69 Å². The Morgan fingerprint density at radius 1 is 1.08 bits per heavy atom. The molecule has 0 unspecified atom stereocenters. The number of benzene rings is 2. The molecule has 2 amide bonds. The third kappa shape index (κ3) is 4.09. The summed E-state index contributed by atoms with van der Waals surface area (Å²) in [5, 5.41) is 5.39. The van der Waals surface area contributed by atoms with Crippen LogP contribution in [0.3, 0.4) is 0 Å². The quantitative estimate of drug-likeness (QED) is 0.877. The van der Waals surface area contributed by atoms with Gasteiger partial charge in [0.05, 0.1) is 6.54 Å². The van der Waals surface area contributed by atoms with Crippen LogP contribution < -0.4 is 20.1 Å². The number of anilines is 1. The van der Waals surface area contributed by atoms with Crippen LogP contribution in [-0.4, -0.2) is 25.2 Å². The fraction of sp³-hybridized carbons (Fsp3) is 0.263. The summed E-state index contributed by atoms with van der Waals surface area (Å²) >= 11 is 0. The molecule has 2 aromatic rings. The van der Waals surface area contributed by atoms with Gasteiger partial charge in [0.2, 0.25) is 12.7 Å². The lowest BCUT2D eigenvalue weighted by atomic mass is 10.0. The van der Waals surface area contributed by atoms with E-state index in [-0.39, 0.29) is 25.2 Å². The van der Waals surface area contributed by atoms with Crippen molar-refractivity contribution >= 4 is 17.5 Å². The lowest BCUT2D eigenvalue weighted by molar-refractivity contribution is -0.115. The summed E-state index contributed by atoms with van der Waals surface area (Å²) in [6.45, 7) is 4.22. The average molecular weight is 340 g/mol. The van der Waals surface area contributed by atoms with Gasteiger partial charge in [0.15, 0.2) is 11.5 Å². The van der Waals surface area contributed by atoms with Crippen molar-refractivity contribution in [2.24, 2.45) is 0 Å². The van der Waals surface area contributed by atoms with E-state index in [1.54, 1.807) is 18.2 Å². The monoisotopic (exact) mass is 340 g/mol. The van der Waals surface area contributed by atoms with E-state index in [1.807, 2.05) is 24.3 Å². The van der Waals surface area contributed by atoms with Crippen molar-refractivity contribution in [1.82, 2.24) is 5.32 Å². The molecule has 130 valence electrons. The highest BCUT2D eigenvalue weighted by molar-refractivity contribution is 5.99. The van der Waals surface area contributed by atoms with Crippen molar-refractivity contribution < 1.29 is 19.1 Å². The molecule has 2 N–H and O–H groups in total. The molecule has 0 atom stereocenters. The Bertz CT molecular complexity index is 802. The van der Waals surface area contributed by atoms with Gasteiger partial charge in [0.1, 0.15) is 0 Å². The number of fused-ring (bicyclic) bond motifs is 1. The van der Waals surface area contributed by atoms with Crippen LogP contribution in [0.2, 0.25) is 0 Å². The van der Waals surface area contributed by atoms with E-state index < -0.39 is 0 Å². The molecule has 0 spiro atoms. The summed E-state index contributed by atoms with van der Waals surface area (Å²) < 4.78 is 10.4. The molecule has 1 heterocycles. The van der Waals surface area contributed by atoms with Gasteiger partial charge in [-0.2, -0.15) is 0 Å². The molecule has 25 heavy (non-hydrogen) atoms. The van der Waals surface area contributed by atoms with Crippen LogP contribution in [0.25, 0.3) is 0 Å². The third-order valence-corrected chi connectivity index (χ3v) is 3.88. The van der Waals surface area contributed by atoms with E-state index in [1.165, 1.54) is 0 Å². The van der Waals surface area contributed by atoms with Crippen LogP contribution in [0.15, 0.2) is 42.5 Å². The van der Waals surface area contributed by atoms with Crippen molar-refractivity contribution in [3.8, 4) is 11.5 Å². The lowest BCUT2D eigenvalue weighted by Crippen LogP contribution is -2.32. The second kappa shape index (κ2) is 7.25. The largest absolute Gasteiger partial charge is 0.454 e. The zero-order chi connectivity index (χ0) is 17.8. The van der Waals surface area contributed by atoms with Crippen molar-refractivity contribution in [2.45, 2.75) is 19.8 Å². The minimum Gasteiger partial charge on any atom is -0.454 e. The number of hydrogen-bond acceptors (Lipinski definition) is 4. The number of rotatable bonds is 5. The summed E-state index contributed by atoms with van der Waals surface area (Å²) in [6.07, 6.45) is 0. The van der Waals surface area contributed by atoms with Crippen LogP contribution in [0.1, 0.15) is 35.7 Å². The van der Waals surface area contributed by atoms with E-state index >= 15 is 0 Å². The SMILES string of the molecule is CC(C)c1cccc(NC(=O)CNC(=O)c2ccc3c(c2)OCO3)c1. The number of hydrogen-bond donors (Lipinski definition) is 2. The predicted octanol–water partition coefficient (Wildman–Crippen LogP) is 2.91. The second-order valence-corrected chi connectivity index (χ2v) is 6.08. The first-order valence-electron chi connectivity index (χ1n) is 8.10. The summed E-state index contributed by atoms with van der Waals surface area (Å²) in [4.78, 5) is 24.2. The van der Waals surface area contributed by atoms with Gasteiger partial charge in [-0.15, -0.1) is 0 Å². The molecule has 0 saturated heterocycles. The maximum atomic E-state index is 12.2. The van der Waals surface area contributed by atoms with Crippen molar-refractivity contribution in [1.29, 1.82) is 0 Å². The average Bonchev–Trinajstić information content (AvgIpc) is 3.07. The summed E-state index contributed by atoms with van der Waals surface area (Å²) in [6, 6.07) is 12.6. The first kappa shape index (κ1) is 16.8. The molecule has 6 nitrogen and oxygen atoms in total. The minimum atomic E-state index is -0.343. The first-order valence-corrected chi connectivity index (χ1v) is 8.10. The highest BCUT2D eigenvalue weighted by Gasteiger charge is 2.16. The minimum absolute atomic E-state index is 0.112. The zero-order valence-corrected chi connectivity index (χ0v) is 14.2. The van der Waals surface area contributed by atoms with E-state index in [2.05, 4.69) is 24.5 Å². The normalized spacial score (nSPS) is 12.1. The Kier molecular flexibility index (Phi) is 4.88. The number of ether oxygens (including phenoxy) is 2. The molecule has 0 aliphatic carbocycles. The van der Waals surface area contributed by atoms with Crippen LogP contribution in [0.5, 0.6) is 11.5 Å². The maximum absolute atomic E-state index is 12.2. The van der Waals surface area contributed by atoms with Gasteiger partial charge >= 0.3 is 0 Å². The van der Waals surface area contributed by atoms with Gasteiger partial charge < -0.3 is 20.1 Å². The predicted molar refractivity (Wildman–Crippen MR) is 94.1 cm³/mol. The van der Waals surface area contributed by atoms with Gasteiger partial charge in [-0.25, -0.2) is 0 Å². The summed E-state index contributed by atoms with van der Waals surface area (Å²) in [7, 11) is 0. The van der Waals surface area contributed by atoms with E-state index in [4.69, 9.17) is 9.47 Å². The van der Waals surface area contributed by atoms with Crippen LogP contribution in [-0.2, 0) is 4.79 Å². The highest BCUT2D eigenvalue weighted by atomic mass is 16.7. The third-order valence-electron chi connectivity index (χ3n) is 3.88. The first-order chi connectivity index (χ1) is 12.0. The topological polar surface area (TPSA) is 76.7 Å². The number of carbonyl (C=O) groups excluding carboxylic acids is 2. The van der Waals surface area contributed by atoms with E-state index in [0.29, 0.717) is 28.7 Å². The van der Waals surface area contributed by atoms with Crippen molar-refractivity contribution in [3.05, 3.63) is 53.6 Å². The molecule has 0 radical (unpaired) electrons. The Labute approximate surface area is 146 Å². The molecule has 6 heteroatoms. The van der Waals surface area contributed by atoms with Gasteiger partial charge in [0.25, 0.3) is 5.91 Å². The Morgan fingerprint density at radius 3 is 2.68 bits per heavy atom. The number of amides is 2. The Morgan fingerprint density at radius 2 is 1.88 bits per heavy atom. The fourth-order valence-corrected chi connectivity index (χ4v) is 2.48. The van der Waals surface area contributed by atoms with Crippen molar-refractivity contribution in [2.75, 3.05) is 18.7 Å². The van der Waals surface area contributed by atoms with E-state index in [9.17, 15) is 9.59 Å². The smallest absolute Gasteiger partial charge is 0.251 e. The standard InChI is InChI=1S/C19H20N2O4/c1-12(2)13-4-3-5-15(8-13)21-18(22)10-20-19(23)14-6-7-16-17(9-14)25-11-24-16/h3-9,12H,10-11H2,1-2H3,(H,20,23)(H,21,22). The number of carbonyl (C=O) groups is 2. The summed E-state index contributed by atoms with van der Waals surface area (Å²) in [5.41, 5.74) is 2.27. The molecule has 0 aromatic heterocycles. The molecule has 0 fully saturated rings. The maximum Gasteiger partial charge on any atom is 0.251 e. The highest BCUT2D eigenvalue weighted by Crippen LogP contribution is 2.32. The van der Waals surface area contributed by atoms with E-state index in [0.717, 1.165) is 5.56 Å².